The third-order valence-corrected chi connectivity index (χ3v) is 5.30. The van der Waals surface area contributed by atoms with Crippen LogP contribution in [-0.4, -0.2) is 16.3 Å². The van der Waals surface area contributed by atoms with Crippen LogP contribution in [0.1, 0.15) is 50.9 Å². The van der Waals surface area contributed by atoms with Gasteiger partial charge in [0.2, 0.25) is 0 Å². The molecular formula is C15H26ClN3. The molecule has 0 spiro atoms. The summed E-state index contributed by atoms with van der Waals surface area (Å²) in [5.74, 6) is 0.835. The Hall–Kier alpha value is -0.540. The van der Waals surface area contributed by atoms with Gasteiger partial charge in [-0.2, -0.15) is 5.10 Å². The standard InChI is InChI=1S/C15H26ClN3/c1-4-12-6-7-15(8-12,10-17)9-13-14(16)11(3)18-19(13)5-2/h12H,4-10,17H2,1-3H3. The van der Waals surface area contributed by atoms with Crippen molar-refractivity contribution in [3.05, 3.63) is 16.4 Å². The summed E-state index contributed by atoms with van der Waals surface area (Å²) in [6.45, 7) is 8.01. The fourth-order valence-electron chi connectivity index (χ4n) is 3.49. The van der Waals surface area contributed by atoms with Crippen LogP contribution in [0, 0.1) is 18.3 Å². The first-order valence-electron chi connectivity index (χ1n) is 7.47. The van der Waals surface area contributed by atoms with Gasteiger partial charge in [0, 0.05) is 6.54 Å². The molecule has 1 saturated carbocycles. The topological polar surface area (TPSA) is 43.8 Å². The summed E-state index contributed by atoms with van der Waals surface area (Å²) in [6.07, 6.45) is 6.02. The molecule has 0 bridgehead atoms. The highest BCUT2D eigenvalue weighted by atomic mass is 35.5. The zero-order valence-corrected chi connectivity index (χ0v) is 13.1. The van der Waals surface area contributed by atoms with Gasteiger partial charge in [0.25, 0.3) is 0 Å². The average Bonchev–Trinajstić information content (AvgIpc) is 2.96. The van der Waals surface area contributed by atoms with E-state index in [0.29, 0.717) is 0 Å². The van der Waals surface area contributed by atoms with Gasteiger partial charge < -0.3 is 5.73 Å². The van der Waals surface area contributed by atoms with E-state index in [9.17, 15) is 0 Å². The minimum Gasteiger partial charge on any atom is -0.330 e. The van der Waals surface area contributed by atoms with E-state index in [1.165, 1.54) is 31.4 Å². The molecule has 1 aliphatic rings. The molecule has 0 aromatic carbocycles. The van der Waals surface area contributed by atoms with Crippen molar-refractivity contribution in [3.8, 4) is 0 Å². The molecule has 1 fully saturated rings. The number of halogens is 1. The quantitative estimate of drug-likeness (QED) is 0.898. The molecule has 2 N–H and O–H groups in total. The van der Waals surface area contributed by atoms with E-state index in [-0.39, 0.29) is 5.41 Å². The predicted octanol–water partition coefficient (Wildman–Crippen LogP) is 3.56. The lowest BCUT2D eigenvalue weighted by Gasteiger charge is -2.28. The number of rotatable bonds is 5. The molecule has 0 saturated heterocycles. The Bertz CT molecular complexity index is 441. The van der Waals surface area contributed by atoms with Crippen molar-refractivity contribution < 1.29 is 0 Å². The van der Waals surface area contributed by atoms with Crippen LogP contribution < -0.4 is 5.73 Å². The lowest BCUT2D eigenvalue weighted by Crippen LogP contribution is -2.31. The van der Waals surface area contributed by atoms with Gasteiger partial charge in [-0.3, -0.25) is 4.68 Å². The number of aryl methyl sites for hydroxylation is 2. The molecule has 1 aliphatic carbocycles. The van der Waals surface area contributed by atoms with E-state index in [0.717, 1.165) is 36.1 Å². The summed E-state index contributed by atoms with van der Waals surface area (Å²) in [4.78, 5) is 0. The number of hydrogen-bond donors (Lipinski definition) is 1. The van der Waals surface area contributed by atoms with E-state index < -0.39 is 0 Å². The number of hydrogen-bond acceptors (Lipinski definition) is 2. The Balaban J connectivity index is 2.24. The smallest absolute Gasteiger partial charge is 0.0847 e. The monoisotopic (exact) mass is 283 g/mol. The maximum absolute atomic E-state index is 6.44. The maximum atomic E-state index is 6.44. The molecule has 19 heavy (non-hydrogen) atoms. The SMILES string of the molecule is CCC1CCC(CN)(Cc2c(Cl)c(C)nn2CC)C1. The first-order chi connectivity index (χ1) is 9.05. The molecule has 108 valence electrons. The van der Waals surface area contributed by atoms with Crippen LogP contribution in [0.5, 0.6) is 0 Å². The van der Waals surface area contributed by atoms with Crippen molar-refractivity contribution in [1.82, 2.24) is 9.78 Å². The Morgan fingerprint density at radius 3 is 2.74 bits per heavy atom. The maximum Gasteiger partial charge on any atom is 0.0847 e. The average molecular weight is 284 g/mol. The second-order valence-corrected chi connectivity index (χ2v) is 6.44. The summed E-state index contributed by atoms with van der Waals surface area (Å²) in [5.41, 5.74) is 8.47. The van der Waals surface area contributed by atoms with Crippen molar-refractivity contribution in [3.63, 3.8) is 0 Å². The Labute approximate surface area is 121 Å². The van der Waals surface area contributed by atoms with Gasteiger partial charge in [0.05, 0.1) is 16.4 Å². The van der Waals surface area contributed by atoms with Crippen LogP contribution in [-0.2, 0) is 13.0 Å². The molecule has 2 rings (SSSR count). The zero-order chi connectivity index (χ0) is 14.0. The third kappa shape index (κ3) is 2.82. The van der Waals surface area contributed by atoms with Crippen LogP contribution in [0.25, 0.3) is 0 Å². The van der Waals surface area contributed by atoms with E-state index in [4.69, 9.17) is 17.3 Å². The van der Waals surface area contributed by atoms with Crippen LogP contribution in [0.15, 0.2) is 0 Å². The molecule has 1 aromatic rings. The molecule has 0 radical (unpaired) electrons. The lowest BCUT2D eigenvalue weighted by atomic mass is 9.80. The molecule has 4 heteroatoms. The molecule has 2 atom stereocenters. The van der Waals surface area contributed by atoms with Gasteiger partial charge in [-0.05, 0) is 57.4 Å². The van der Waals surface area contributed by atoms with Gasteiger partial charge in [0.15, 0.2) is 0 Å². The van der Waals surface area contributed by atoms with Gasteiger partial charge in [0.1, 0.15) is 0 Å². The summed E-state index contributed by atoms with van der Waals surface area (Å²) in [7, 11) is 0. The fraction of sp³-hybridized carbons (Fsp3) is 0.800. The lowest BCUT2D eigenvalue weighted by molar-refractivity contribution is 0.283. The fourth-order valence-corrected chi connectivity index (χ4v) is 3.69. The summed E-state index contributed by atoms with van der Waals surface area (Å²) >= 11 is 6.44. The molecule has 2 unspecified atom stereocenters. The van der Waals surface area contributed by atoms with Crippen molar-refractivity contribution in [2.24, 2.45) is 17.1 Å². The molecule has 0 amide bonds. The van der Waals surface area contributed by atoms with Gasteiger partial charge in [-0.25, -0.2) is 0 Å². The van der Waals surface area contributed by atoms with Crippen LogP contribution in [0.3, 0.4) is 0 Å². The third-order valence-electron chi connectivity index (χ3n) is 4.81. The van der Waals surface area contributed by atoms with E-state index >= 15 is 0 Å². The Kier molecular flexibility index (Phi) is 4.57. The number of nitrogens with zero attached hydrogens (tertiary/aromatic N) is 2. The van der Waals surface area contributed by atoms with Crippen molar-refractivity contribution >= 4 is 11.6 Å². The van der Waals surface area contributed by atoms with Crippen molar-refractivity contribution in [2.45, 2.75) is 59.4 Å². The highest BCUT2D eigenvalue weighted by molar-refractivity contribution is 6.31. The Morgan fingerprint density at radius 2 is 2.21 bits per heavy atom. The van der Waals surface area contributed by atoms with Crippen molar-refractivity contribution in [1.29, 1.82) is 0 Å². The highest BCUT2D eigenvalue weighted by Crippen LogP contribution is 2.45. The second-order valence-electron chi connectivity index (χ2n) is 6.06. The second kappa shape index (κ2) is 5.84. The number of nitrogens with two attached hydrogens (primary N) is 1. The largest absolute Gasteiger partial charge is 0.330 e. The zero-order valence-electron chi connectivity index (χ0n) is 12.4. The molecule has 3 nitrogen and oxygen atoms in total. The Morgan fingerprint density at radius 1 is 1.47 bits per heavy atom. The normalized spacial score (nSPS) is 27.1. The van der Waals surface area contributed by atoms with Gasteiger partial charge >= 0.3 is 0 Å². The molecular weight excluding hydrogens is 258 g/mol. The minimum atomic E-state index is 0.240. The highest BCUT2D eigenvalue weighted by Gasteiger charge is 2.38. The van der Waals surface area contributed by atoms with Crippen LogP contribution >= 0.6 is 11.6 Å². The summed E-state index contributed by atoms with van der Waals surface area (Å²) in [6, 6.07) is 0. The van der Waals surface area contributed by atoms with Crippen LogP contribution in [0.4, 0.5) is 0 Å². The van der Waals surface area contributed by atoms with Crippen LogP contribution in [0.2, 0.25) is 5.02 Å². The van der Waals surface area contributed by atoms with E-state index in [1.54, 1.807) is 0 Å². The molecule has 1 aromatic heterocycles. The van der Waals surface area contributed by atoms with E-state index in [1.807, 2.05) is 11.6 Å². The summed E-state index contributed by atoms with van der Waals surface area (Å²) < 4.78 is 2.05. The molecule has 0 aliphatic heterocycles. The first-order valence-corrected chi connectivity index (χ1v) is 7.85. The summed E-state index contributed by atoms with van der Waals surface area (Å²) in [5, 5.41) is 5.36. The minimum absolute atomic E-state index is 0.240. The number of aromatic nitrogens is 2. The van der Waals surface area contributed by atoms with Gasteiger partial charge in [-0.15, -0.1) is 0 Å². The first kappa shape index (κ1) is 14.9. The molecule has 1 heterocycles. The van der Waals surface area contributed by atoms with E-state index in [2.05, 4.69) is 18.9 Å². The predicted molar refractivity (Wildman–Crippen MR) is 80.5 cm³/mol. The van der Waals surface area contributed by atoms with Gasteiger partial charge in [-0.1, -0.05) is 24.9 Å². The van der Waals surface area contributed by atoms with Crippen molar-refractivity contribution in [2.75, 3.05) is 6.54 Å².